The van der Waals surface area contributed by atoms with Gasteiger partial charge in [0.25, 0.3) is 0 Å². The Morgan fingerprint density at radius 1 is 1.25 bits per heavy atom. The highest BCUT2D eigenvalue weighted by molar-refractivity contribution is 7.91. The lowest BCUT2D eigenvalue weighted by Gasteiger charge is -2.34. The number of hydrogen-bond acceptors (Lipinski definition) is 6. The summed E-state index contributed by atoms with van der Waals surface area (Å²) in [6, 6.07) is 6.98. The Morgan fingerprint density at radius 2 is 1.89 bits per heavy atom. The predicted octanol–water partition coefficient (Wildman–Crippen LogP) is 3.70. The highest BCUT2D eigenvalue weighted by Crippen LogP contribution is 2.26. The Kier molecular flexibility index (Phi) is 5.82. The van der Waals surface area contributed by atoms with Crippen LogP contribution in [0.1, 0.15) is 33.6 Å². The van der Waals surface area contributed by atoms with Crippen molar-refractivity contribution in [3.63, 3.8) is 0 Å². The van der Waals surface area contributed by atoms with Crippen molar-refractivity contribution < 1.29 is 17.9 Å². The van der Waals surface area contributed by atoms with Crippen molar-refractivity contribution in [2.75, 3.05) is 18.8 Å². The number of benzene rings is 1. The minimum Gasteiger partial charge on any atom is -0.444 e. The minimum absolute atomic E-state index is 0.126. The van der Waals surface area contributed by atoms with Gasteiger partial charge >= 0.3 is 6.09 Å². The Hall–Kier alpha value is -1.93. The van der Waals surface area contributed by atoms with Crippen LogP contribution in [0.4, 0.5) is 4.79 Å². The zero-order valence-corrected chi connectivity index (χ0v) is 17.8. The first-order valence-electron chi connectivity index (χ1n) is 9.18. The van der Waals surface area contributed by atoms with E-state index < -0.39 is 21.5 Å². The van der Waals surface area contributed by atoms with Crippen LogP contribution in [-0.2, 0) is 14.6 Å². The van der Waals surface area contributed by atoms with E-state index in [1.165, 1.54) is 0 Å². The second-order valence-corrected chi connectivity index (χ2v) is 10.3. The molecule has 1 atom stereocenters. The van der Waals surface area contributed by atoms with Crippen molar-refractivity contribution in [3.8, 4) is 0 Å². The smallest absolute Gasteiger partial charge is 0.410 e. The molecule has 7 nitrogen and oxygen atoms in total. The summed E-state index contributed by atoms with van der Waals surface area (Å²) in [4.78, 5) is 22.3. The highest BCUT2D eigenvalue weighted by atomic mass is 35.5. The molecule has 9 heteroatoms. The van der Waals surface area contributed by atoms with E-state index in [4.69, 9.17) is 16.3 Å². The largest absolute Gasteiger partial charge is 0.444 e. The molecule has 1 fully saturated rings. The first-order valence-corrected chi connectivity index (χ1v) is 11.2. The van der Waals surface area contributed by atoms with E-state index in [0.29, 0.717) is 30.5 Å². The first kappa shape index (κ1) is 20.8. The number of likely N-dealkylation sites (tertiary alicyclic amines) is 1. The topological polar surface area (TPSA) is 89.5 Å². The van der Waals surface area contributed by atoms with Crippen molar-refractivity contribution >= 4 is 38.6 Å². The average Bonchev–Trinajstić information content (AvgIpc) is 2.59. The summed E-state index contributed by atoms with van der Waals surface area (Å²) in [6.45, 7) is 6.29. The predicted molar refractivity (Wildman–Crippen MR) is 107 cm³/mol. The van der Waals surface area contributed by atoms with Crippen LogP contribution in [-0.4, -0.2) is 53.8 Å². The number of piperidine rings is 1. The number of aromatic nitrogens is 2. The maximum Gasteiger partial charge on any atom is 0.410 e. The molecule has 0 radical (unpaired) electrons. The fourth-order valence-electron chi connectivity index (χ4n) is 3.24. The zero-order chi connectivity index (χ0) is 20.5. The van der Waals surface area contributed by atoms with Crippen LogP contribution in [0.25, 0.3) is 11.0 Å². The number of carbonyl (C=O) groups is 1. The summed E-state index contributed by atoms with van der Waals surface area (Å²) in [5, 5.41) is -0.333. The van der Waals surface area contributed by atoms with Gasteiger partial charge in [-0.05, 0) is 51.7 Å². The summed E-state index contributed by atoms with van der Waals surface area (Å²) < 4.78 is 31.3. The molecule has 1 aromatic carbocycles. The van der Waals surface area contributed by atoms with Crippen LogP contribution in [0.5, 0.6) is 0 Å². The molecule has 3 rings (SSSR count). The molecule has 0 N–H and O–H groups in total. The Balaban J connectivity index is 1.77. The van der Waals surface area contributed by atoms with E-state index in [1.54, 1.807) is 49.9 Å². The standard InChI is InChI=1S/C19H24ClN3O4S/c1-19(2,3)27-18(24)23-10-6-7-13(11-23)12-28(25,26)17-16(20)21-14-8-4-5-9-15(14)22-17/h4-5,8-9,13H,6-7,10-12H2,1-3H3/t13-/m0/s1. The van der Waals surface area contributed by atoms with Crippen LogP contribution >= 0.6 is 11.6 Å². The molecule has 0 bridgehead atoms. The van der Waals surface area contributed by atoms with Gasteiger partial charge in [-0.3, -0.25) is 0 Å². The highest BCUT2D eigenvalue weighted by Gasteiger charge is 2.32. The number of amides is 1. The van der Waals surface area contributed by atoms with Crippen molar-refractivity contribution in [1.29, 1.82) is 0 Å². The second kappa shape index (κ2) is 7.83. The fourth-order valence-corrected chi connectivity index (χ4v) is 5.32. The maximum atomic E-state index is 12.9. The van der Waals surface area contributed by atoms with Crippen molar-refractivity contribution in [3.05, 3.63) is 29.4 Å². The van der Waals surface area contributed by atoms with Crippen LogP contribution in [0.3, 0.4) is 0 Å². The molecule has 0 saturated carbocycles. The van der Waals surface area contributed by atoms with E-state index in [9.17, 15) is 13.2 Å². The molecule has 0 spiro atoms. The number of halogens is 1. The molecule has 152 valence electrons. The van der Waals surface area contributed by atoms with Gasteiger partial charge in [0.15, 0.2) is 20.0 Å². The third kappa shape index (κ3) is 4.91. The number of rotatable bonds is 3. The van der Waals surface area contributed by atoms with Crippen LogP contribution in [0, 0.1) is 5.92 Å². The maximum absolute atomic E-state index is 12.9. The molecule has 0 unspecified atom stereocenters. The number of hydrogen-bond donors (Lipinski definition) is 0. The Bertz CT molecular complexity index is 988. The van der Waals surface area contributed by atoms with Gasteiger partial charge in [-0.2, -0.15) is 0 Å². The quantitative estimate of drug-likeness (QED) is 0.744. The molecular weight excluding hydrogens is 402 g/mol. The number of ether oxygens (including phenoxy) is 1. The van der Waals surface area contributed by atoms with Gasteiger partial charge in [0.05, 0.1) is 16.8 Å². The van der Waals surface area contributed by atoms with Crippen LogP contribution in [0.15, 0.2) is 29.3 Å². The van der Waals surface area contributed by atoms with Crippen LogP contribution < -0.4 is 0 Å². The lowest BCUT2D eigenvalue weighted by molar-refractivity contribution is 0.0176. The van der Waals surface area contributed by atoms with E-state index in [-0.39, 0.29) is 21.8 Å². The summed E-state index contributed by atoms with van der Waals surface area (Å²) in [5.74, 6) is -0.352. The molecule has 1 aliphatic rings. The number of para-hydroxylation sites is 2. The minimum atomic E-state index is -3.75. The van der Waals surface area contributed by atoms with Gasteiger partial charge < -0.3 is 9.64 Å². The third-order valence-corrected chi connectivity index (χ3v) is 6.58. The average molecular weight is 426 g/mol. The third-order valence-electron chi connectivity index (χ3n) is 4.42. The van der Waals surface area contributed by atoms with Crippen molar-refractivity contribution in [2.24, 2.45) is 5.92 Å². The van der Waals surface area contributed by atoms with E-state index >= 15 is 0 Å². The first-order chi connectivity index (χ1) is 13.0. The van der Waals surface area contributed by atoms with Gasteiger partial charge in [0.2, 0.25) is 0 Å². The van der Waals surface area contributed by atoms with Crippen molar-refractivity contribution in [2.45, 2.75) is 44.2 Å². The molecule has 28 heavy (non-hydrogen) atoms. The fraction of sp³-hybridized carbons (Fsp3) is 0.526. The number of nitrogens with zero attached hydrogens (tertiary/aromatic N) is 3. The second-order valence-electron chi connectivity index (χ2n) is 8.02. The van der Waals surface area contributed by atoms with Crippen molar-refractivity contribution in [1.82, 2.24) is 14.9 Å². The van der Waals surface area contributed by atoms with Gasteiger partial charge in [0.1, 0.15) is 5.60 Å². The molecule has 1 aromatic heterocycles. The molecule has 2 aromatic rings. The summed E-state index contributed by atoms with van der Waals surface area (Å²) in [7, 11) is -3.75. The number of carbonyl (C=O) groups excluding carboxylic acids is 1. The van der Waals surface area contributed by atoms with Gasteiger partial charge in [-0.15, -0.1) is 0 Å². The van der Waals surface area contributed by atoms with Gasteiger partial charge in [0, 0.05) is 13.1 Å². The van der Waals surface area contributed by atoms with Gasteiger partial charge in [-0.25, -0.2) is 23.2 Å². The summed E-state index contributed by atoms with van der Waals surface area (Å²) in [5.41, 5.74) is 0.425. The molecule has 1 saturated heterocycles. The monoisotopic (exact) mass is 425 g/mol. The van der Waals surface area contributed by atoms with E-state index in [1.807, 2.05) is 0 Å². The van der Waals surface area contributed by atoms with Gasteiger partial charge in [-0.1, -0.05) is 23.7 Å². The lowest BCUT2D eigenvalue weighted by Crippen LogP contribution is -2.44. The normalized spacial score (nSPS) is 18.3. The van der Waals surface area contributed by atoms with E-state index in [2.05, 4.69) is 9.97 Å². The SMILES string of the molecule is CC(C)(C)OC(=O)N1CCC[C@H](CS(=O)(=O)c2nc3ccccc3nc2Cl)C1. The Morgan fingerprint density at radius 3 is 2.54 bits per heavy atom. The number of fused-ring (bicyclic) bond motifs is 1. The molecule has 2 heterocycles. The summed E-state index contributed by atoms with van der Waals surface area (Å²) in [6.07, 6.45) is 1.01. The lowest BCUT2D eigenvalue weighted by atomic mass is 10.0. The zero-order valence-electron chi connectivity index (χ0n) is 16.2. The molecular formula is C19H24ClN3O4S. The number of sulfone groups is 1. The summed E-state index contributed by atoms with van der Waals surface area (Å²) >= 11 is 6.12. The molecule has 0 aliphatic carbocycles. The Labute approximate surface area is 170 Å². The molecule has 1 aliphatic heterocycles. The van der Waals surface area contributed by atoms with Crippen LogP contribution in [0.2, 0.25) is 5.15 Å². The molecule has 1 amide bonds. The van der Waals surface area contributed by atoms with E-state index in [0.717, 1.165) is 6.42 Å².